The van der Waals surface area contributed by atoms with Crippen LogP contribution in [0.25, 0.3) is 0 Å². The van der Waals surface area contributed by atoms with Gasteiger partial charge in [0.1, 0.15) is 16.9 Å². The number of imide groups is 1. The van der Waals surface area contributed by atoms with E-state index in [1.165, 1.54) is 43.5 Å². The van der Waals surface area contributed by atoms with E-state index in [9.17, 15) is 31.8 Å². The van der Waals surface area contributed by atoms with Gasteiger partial charge in [-0.1, -0.05) is 12.1 Å². The van der Waals surface area contributed by atoms with Crippen molar-refractivity contribution >= 4 is 34.6 Å². The molecule has 10 nitrogen and oxygen atoms in total. The lowest BCUT2D eigenvalue weighted by molar-refractivity contribution is -0.137. The van der Waals surface area contributed by atoms with E-state index in [0.29, 0.717) is 11.0 Å². The van der Waals surface area contributed by atoms with Crippen LogP contribution in [-0.4, -0.2) is 50.4 Å². The van der Waals surface area contributed by atoms with Gasteiger partial charge in [-0.15, -0.1) is 0 Å². The molecule has 0 spiro atoms. The maximum atomic E-state index is 13.7. The largest absolute Gasteiger partial charge is 0.514 e. The second-order valence-corrected chi connectivity index (χ2v) is 11.0. The molecular formula is C25H26F3N3O7S. The van der Waals surface area contributed by atoms with Gasteiger partial charge in [-0.3, -0.25) is 13.9 Å². The number of urea groups is 1. The van der Waals surface area contributed by atoms with Crippen molar-refractivity contribution in [1.82, 2.24) is 4.90 Å². The van der Waals surface area contributed by atoms with E-state index in [-0.39, 0.29) is 16.8 Å². The molecule has 3 amide bonds. The molecule has 2 atom stereocenters. The van der Waals surface area contributed by atoms with Gasteiger partial charge in [-0.25, -0.2) is 14.5 Å². The van der Waals surface area contributed by atoms with Crippen molar-refractivity contribution in [3.05, 3.63) is 59.2 Å². The van der Waals surface area contributed by atoms with Crippen LogP contribution in [0.2, 0.25) is 0 Å². The Kier molecular flexibility index (Phi) is 8.84. The average molecular weight is 570 g/mol. The number of anilines is 1. The van der Waals surface area contributed by atoms with Crippen LogP contribution in [0.1, 0.15) is 44.4 Å². The number of nitriles is 1. The minimum atomic E-state index is -4.91. The van der Waals surface area contributed by atoms with Gasteiger partial charge in [0.15, 0.2) is 0 Å². The Labute approximate surface area is 224 Å². The summed E-state index contributed by atoms with van der Waals surface area (Å²) in [5.41, 5.74) is -4.70. The van der Waals surface area contributed by atoms with Crippen molar-refractivity contribution in [3.8, 4) is 11.8 Å². The zero-order valence-electron chi connectivity index (χ0n) is 21.6. The highest BCUT2D eigenvalue weighted by Crippen LogP contribution is 2.42. The number of rotatable bonds is 5. The Morgan fingerprint density at radius 2 is 1.69 bits per heavy atom. The average Bonchev–Trinajstić information content (AvgIpc) is 2.98. The minimum Gasteiger partial charge on any atom is -0.428 e. The zero-order chi connectivity index (χ0) is 28.6. The van der Waals surface area contributed by atoms with E-state index in [4.69, 9.17) is 14.7 Å². The lowest BCUT2D eigenvalue weighted by atomic mass is 9.90. The Balaban J connectivity index is 0.00000533. The number of halogens is 3. The second-order valence-electron chi connectivity index (χ2n) is 9.56. The number of carbonyl (C=O) groups is 3. The molecule has 1 aliphatic heterocycles. The molecule has 14 heteroatoms. The van der Waals surface area contributed by atoms with Crippen molar-refractivity contribution in [1.29, 1.82) is 5.26 Å². The lowest BCUT2D eigenvalue weighted by Gasteiger charge is -2.31. The topological polar surface area (TPSA) is 149 Å². The van der Waals surface area contributed by atoms with Crippen molar-refractivity contribution < 1.29 is 46.7 Å². The molecular weight excluding hydrogens is 543 g/mol. The van der Waals surface area contributed by atoms with Gasteiger partial charge >= 0.3 is 18.4 Å². The van der Waals surface area contributed by atoms with Crippen LogP contribution in [-0.2, 0) is 32.0 Å². The molecule has 0 bridgehead atoms. The van der Waals surface area contributed by atoms with Crippen molar-refractivity contribution in [2.75, 3.05) is 17.0 Å². The summed E-state index contributed by atoms with van der Waals surface area (Å²) >= 11 is 0. The smallest absolute Gasteiger partial charge is 0.428 e. The number of hydrogen-bond donors (Lipinski definition) is 0. The Bertz CT molecular complexity index is 1350. The second kappa shape index (κ2) is 11.0. The van der Waals surface area contributed by atoms with Gasteiger partial charge in [0.2, 0.25) is 0 Å². The molecule has 0 aromatic heterocycles. The number of ether oxygens (including phenoxy) is 2. The van der Waals surface area contributed by atoms with Gasteiger partial charge < -0.3 is 14.9 Å². The number of nitrogens with zero attached hydrogens (tertiary/aromatic N) is 3. The SMILES string of the molecule is CS(=O)CN1C(=O)N(c2ccc(C#N)c(C(F)(F)F)c2)C(=O)C1(C)c1ccc(OC(=O)OC(C)(C)C)cc1.O. The third-order valence-electron chi connectivity index (χ3n) is 5.59. The molecule has 1 fully saturated rings. The first-order valence-electron chi connectivity index (χ1n) is 11.1. The Morgan fingerprint density at radius 1 is 1.10 bits per heavy atom. The summed E-state index contributed by atoms with van der Waals surface area (Å²) in [6.07, 6.45) is -4.56. The fraction of sp³-hybridized carbons (Fsp3) is 0.360. The van der Waals surface area contributed by atoms with Gasteiger partial charge in [0, 0.05) is 17.1 Å². The summed E-state index contributed by atoms with van der Waals surface area (Å²) in [4.78, 5) is 40.6. The fourth-order valence-electron chi connectivity index (χ4n) is 3.82. The number of alkyl halides is 3. The van der Waals surface area contributed by atoms with Crippen molar-refractivity contribution in [2.24, 2.45) is 0 Å². The van der Waals surface area contributed by atoms with Crippen LogP contribution >= 0.6 is 0 Å². The number of benzene rings is 2. The number of amides is 3. The first-order valence-corrected chi connectivity index (χ1v) is 12.8. The molecule has 2 aromatic rings. The molecule has 2 N–H and O–H groups in total. The molecule has 1 aliphatic rings. The molecule has 1 heterocycles. The van der Waals surface area contributed by atoms with E-state index in [2.05, 4.69) is 0 Å². The van der Waals surface area contributed by atoms with E-state index in [1.807, 2.05) is 0 Å². The Hall–Kier alpha value is -3.96. The molecule has 2 aromatic carbocycles. The maximum Gasteiger partial charge on any atom is 0.514 e. The summed E-state index contributed by atoms with van der Waals surface area (Å²) in [5, 5.41) is 9.07. The predicted octanol–water partition coefficient (Wildman–Crippen LogP) is 4.09. The summed E-state index contributed by atoms with van der Waals surface area (Å²) in [6.45, 7) is 6.34. The summed E-state index contributed by atoms with van der Waals surface area (Å²) < 4.78 is 63.0. The van der Waals surface area contributed by atoms with Gasteiger partial charge in [-0.2, -0.15) is 18.4 Å². The predicted molar refractivity (Wildman–Crippen MR) is 134 cm³/mol. The molecule has 2 unspecified atom stereocenters. The molecule has 39 heavy (non-hydrogen) atoms. The third-order valence-corrected chi connectivity index (χ3v) is 6.21. The fourth-order valence-corrected chi connectivity index (χ4v) is 4.56. The standard InChI is InChI=1S/C25H24F3N3O6S.H2O/c1-23(2,3)37-22(34)36-18-10-7-16(8-11-18)24(4)20(32)31(21(33)30(24)14-38(5)35)17-9-6-15(13-29)19(12-17)25(26,27)28;/h6-12H,14H2,1-5H3;1H2. The van der Waals surface area contributed by atoms with E-state index >= 15 is 0 Å². The first kappa shape index (κ1) is 31.3. The van der Waals surface area contributed by atoms with Crippen molar-refractivity contribution in [2.45, 2.75) is 45.0 Å². The molecule has 3 rings (SSSR count). The number of carbonyl (C=O) groups excluding carboxylic acids is 3. The first-order chi connectivity index (χ1) is 17.5. The minimum absolute atomic E-state index is 0. The molecule has 210 valence electrons. The summed E-state index contributed by atoms with van der Waals surface area (Å²) in [6, 6.07) is 8.47. The van der Waals surface area contributed by atoms with E-state index in [1.54, 1.807) is 20.8 Å². The quantitative estimate of drug-likeness (QED) is 0.299. The van der Waals surface area contributed by atoms with Gasteiger partial charge in [0.05, 0.1) is 28.8 Å². The van der Waals surface area contributed by atoms with Crippen LogP contribution in [0.15, 0.2) is 42.5 Å². The third kappa shape index (κ3) is 6.37. The highest BCUT2D eigenvalue weighted by molar-refractivity contribution is 7.84. The Morgan fingerprint density at radius 3 is 2.18 bits per heavy atom. The molecule has 0 aliphatic carbocycles. The van der Waals surface area contributed by atoms with E-state index < -0.39 is 68.9 Å². The summed E-state index contributed by atoms with van der Waals surface area (Å²) in [5.74, 6) is -1.21. The monoisotopic (exact) mass is 569 g/mol. The molecule has 0 saturated carbocycles. The highest BCUT2D eigenvalue weighted by atomic mass is 32.2. The summed E-state index contributed by atoms with van der Waals surface area (Å²) in [7, 11) is -1.61. The number of hydrogen-bond acceptors (Lipinski definition) is 7. The lowest BCUT2D eigenvalue weighted by Crippen LogP contribution is -2.45. The van der Waals surface area contributed by atoms with Crippen LogP contribution in [0.4, 0.5) is 28.4 Å². The molecule has 0 radical (unpaired) electrons. The normalized spacial score (nSPS) is 18.3. The van der Waals surface area contributed by atoms with Gasteiger partial charge in [-0.05, 0) is 63.6 Å². The van der Waals surface area contributed by atoms with Crippen LogP contribution in [0.3, 0.4) is 0 Å². The van der Waals surface area contributed by atoms with Crippen LogP contribution in [0, 0.1) is 11.3 Å². The van der Waals surface area contributed by atoms with Crippen LogP contribution in [0.5, 0.6) is 5.75 Å². The van der Waals surface area contributed by atoms with E-state index in [0.717, 1.165) is 17.0 Å². The van der Waals surface area contributed by atoms with Crippen molar-refractivity contribution in [3.63, 3.8) is 0 Å². The molecule has 1 saturated heterocycles. The van der Waals surface area contributed by atoms with Gasteiger partial charge in [0.25, 0.3) is 5.91 Å². The zero-order valence-corrected chi connectivity index (χ0v) is 22.4. The highest BCUT2D eigenvalue weighted by Gasteiger charge is 2.56. The maximum absolute atomic E-state index is 13.7. The van der Waals surface area contributed by atoms with Crippen LogP contribution < -0.4 is 9.64 Å².